The average molecular weight is 270 g/mol. The summed E-state index contributed by atoms with van der Waals surface area (Å²) in [5, 5.41) is 3.60. The molecule has 0 aliphatic rings. The molecule has 0 bridgehead atoms. The Kier molecular flexibility index (Phi) is 5.34. The molecule has 0 aromatic heterocycles. The molecule has 1 nitrogen and oxygen atoms in total. The van der Waals surface area contributed by atoms with Crippen molar-refractivity contribution in [3.8, 4) is 0 Å². The Morgan fingerprint density at radius 1 is 1.20 bits per heavy atom. The molecule has 1 aromatic carbocycles. The molecule has 1 N–H and O–H groups in total. The maximum Gasteiger partial charge on any atom is 0.0294 e. The van der Waals surface area contributed by atoms with Crippen molar-refractivity contribution in [2.75, 3.05) is 0 Å². The minimum atomic E-state index is 0.430. The first-order valence-corrected chi connectivity index (χ1v) is 6.44. The van der Waals surface area contributed by atoms with E-state index in [2.05, 4.69) is 66.3 Å². The van der Waals surface area contributed by atoms with Crippen LogP contribution in [0.5, 0.6) is 0 Å². The van der Waals surface area contributed by atoms with E-state index in [1.54, 1.807) is 0 Å². The summed E-state index contributed by atoms with van der Waals surface area (Å²) in [4.78, 5) is 0. The van der Waals surface area contributed by atoms with E-state index in [4.69, 9.17) is 0 Å². The van der Waals surface area contributed by atoms with Gasteiger partial charge >= 0.3 is 0 Å². The Hall–Kier alpha value is -0.340. The van der Waals surface area contributed by atoms with Crippen molar-refractivity contribution in [3.63, 3.8) is 0 Å². The summed E-state index contributed by atoms with van der Waals surface area (Å²) in [7, 11) is 0. The maximum absolute atomic E-state index is 3.60. The summed E-state index contributed by atoms with van der Waals surface area (Å²) in [5.41, 5.74) is 1.35. The summed E-state index contributed by atoms with van der Waals surface area (Å²) >= 11 is 3.45. The molecular formula is C13H20BrN. The highest BCUT2D eigenvalue weighted by molar-refractivity contribution is 9.10. The van der Waals surface area contributed by atoms with Crippen LogP contribution in [0, 0.1) is 0 Å². The highest BCUT2D eigenvalue weighted by atomic mass is 79.9. The van der Waals surface area contributed by atoms with Crippen LogP contribution in [-0.4, -0.2) is 6.04 Å². The zero-order chi connectivity index (χ0) is 11.3. The molecule has 2 atom stereocenters. The average Bonchev–Trinajstić information content (AvgIpc) is 2.18. The van der Waals surface area contributed by atoms with E-state index >= 15 is 0 Å². The highest BCUT2D eigenvalue weighted by Crippen LogP contribution is 2.17. The van der Waals surface area contributed by atoms with Crippen molar-refractivity contribution in [2.24, 2.45) is 0 Å². The predicted molar refractivity (Wildman–Crippen MR) is 70.1 cm³/mol. The molecule has 1 unspecified atom stereocenters. The zero-order valence-electron chi connectivity index (χ0n) is 9.76. The summed E-state index contributed by atoms with van der Waals surface area (Å²) in [5.74, 6) is 0. The third-order valence-electron chi connectivity index (χ3n) is 2.63. The van der Waals surface area contributed by atoms with Gasteiger partial charge < -0.3 is 5.32 Å². The third-order valence-corrected chi connectivity index (χ3v) is 3.15. The third kappa shape index (κ3) is 4.35. The van der Waals surface area contributed by atoms with Crippen LogP contribution in [0.3, 0.4) is 0 Å². The largest absolute Gasteiger partial charge is 0.308 e. The smallest absolute Gasteiger partial charge is 0.0294 e. The van der Waals surface area contributed by atoms with Gasteiger partial charge in [0.05, 0.1) is 0 Å². The lowest BCUT2D eigenvalue weighted by molar-refractivity contribution is 0.453. The molecule has 84 valence electrons. The Balaban J connectivity index is 2.53. The fourth-order valence-corrected chi connectivity index (χ4v) is 2.06. The van der Waals surface area contributed by atoms with Gasteiger partial charge in [-0.25, -0.2) is 0 Å². The van der Waals surface area contributed by atoms with Gasteiger partial charge in [-0.1, -0.05) is 41.4 Å². The lowest BCUT2D eigenvalue weighted by atomic mass is 10.1. The predicted octanol–water partition coefficient (Wildman–Crippen LogP) is 4.29. The van der Waals surface area contributed by atoms with E-state index in [-0.39, 0.29) is 0 Å². The number of nitrogens with one attached hydrogen (secondary N) is 1. The standard InChI is InChI=1S/C13H20BrN/c1-4-5-10(2)15-11(3)12-6-8-13(14)9-7-12/h6-11,15H,4-5H2,1-3H3/t10?,11-/m1/s1. The molecule has 0 saturated heterocycles. The molecule has 0 saturated carbocycles. The van der Waals surface area contributed by atoms with Gasteiger partial charge in [-0.3, -0.25) is 0 Å². The molecule has 1 rings (SSSR count). The van der Waals surface area contributed by atoms with Crippen molar-refractivity contribution in [3.05, 3.63) is 34.3 Å². The van der Waals surface area contributed by atoms with Gasteiger partial charge in [-0.2, -0.15) is 0 Å². The van der Waals surface area contributed by atoms with Crippen LogP contribution >= 0.6 is 15.9 Å². The van der Waals surface area contributed by atoms with E-state index in [9.17, 15) is 0 Å². The van der Waals surface area contributed by atoms with Crippen molar-refractivity contribution in [2.45, 2.75) is 45.7 Å². The minimum absolute atomic E-state index is 0.430. The van der Waals surface area contributed by atoms with Gasteiger partial charge in [0.25, 0.3) is 0 Å². The zero-order valence-corrected chi connectivity index (χ0v) is 11.3. The number of halogens is 1. The van der Waals surface area contributed by atoms with E-state index < -0.39 is 0 Å². The highest BCUT2D eigenvalue weighted by Gasteiger charge is 2.08. The molecule has 0 fully saturated rings. The molecule has 15 heavy (non-hydrogen) atoms. The first-order chi connectivity index (χ1) is 7.13. The van der Waals surface area contributed by atoms with Crippen molar-refractivity contribution in [1.82, 2.24) is 5.32 Å². The van der Waals surface area contributed by atoms with Crippen LogP contribution in [-0.2, 0) is 0 Å². The minimum Gasteiger partial charge on any atom is -0.308 e. The van der Waals surface area contributed by atoms with Crippen LogP contribution in [0.15, 0.2) is 28.7 Å². The molecule has 1 aromatic rings. The SMILES string of the molecule is CCCC(C)N[C@H](C)c1ccc(Br)cc1. The van der Waals surface area contributed by atoms with E-state index in [0.29, 0.717) is 12.1 Å². The molecule has 0 aliphatic heterocycles. The first-order valence-electron chi connectivity index (χ1n) is 5.65. The summed E-state index contributed by atoms with van der Waals surface area (Å²) in [6.07, 6.45) is 2.47. The first kappa shape index (κ1) is 12.7. The molecule has 0 heterocycles. The molecule has 0 spiro atoms. The maximum atomic E-state index is 3.60. The van der Waals surface area contributed by atoms with Crippen LogP contribution in [0.2, 0.25) is 0 Å². The fraction of sp³-hybridized carbons (Fsp3) is 0.538. The number of hydrogen-bond donors (Lipinski definition) is 1. The van der Waals surface area contributed by atoms with Crippen LogP contribution in [0.1, 0.15) is 45.2 Å². The second-order valence-corrected chi connectivity index (χ2v) is 5.05. The second-order valence-electron chi connectivity index (χ2n) is 4.13. The van der Waals surface area contributed by atoms with Crippen molar-refractivity contribution >= 4 is 15.9 Å². The second kappa shape index (κ2) is 6.29. The van der Waals surface area contributed by atoms with Gasteiger partial charge in [0.15, 0.2) is 0 Å². The van der Waals surface area contributed by atoms with Crippen LogP contribution in [0.25, 0.3) is 0 Å². The molecule has 2 heteroatoms. The van der Waals surface area contributed by atoms with Gasteiger partial charge in [0.1, 0.15) is 0 Å². The van der Waals surface area contributed by atoms with E-state index in [1.807, 2.05) is 0 Å². The van der Waals surface area contributed by atoms with Gasteiger partial charge in [-0.15, -0.1) is 0 Å². The Morgan fingerprint density at radius 3 is 2.33 bits per heavy atom. The monoisotopic (exact) mass is 269 g/mol. The topological polar surface area (TPSA) is 12.0 Å². The van der Waals surface area contributed by atoms with E-state index in [0.717, 1.165) is 4.47 Å². The Morgan fingerprint density at radius 2 is 1.80 bits per heavy atom. The van der Waals surface area contributed by atoms with Gasteiger partial charge in [0.2, 0.25) is 0 Å². The Labute approximate surface area is 101 Å². The normalized spacial score (nSPS) is 14.9. The molecule has 0 amide bonds. The lowest BCUT2D eigenvalue weighted by Gasteiger charge is -2.20. The Bertz CT molecular complexity index is 281. The summed E-state index contributed by atoms with van der Waals surface area (Å²) in [6.45, 7) is 6.69. The number of rotatable bonds is 5. The molecule has 0 radical (unpaired) electrons. The number of hydrogen-bond acceptors (Lipinski definition) is 1. The quantitative estimate of drug-likeness (QED) is 0.841. The number of benzene rings is 1. The molecular weight excluding hydrogens is 250 g/mol. The lowest BCUT2D eigenvalue weighted by Crippen LogP contribution is -2.28. The van der Waals surface area contributed by atoms with Crippen LogP contribution < -0.4 is 5.32 Å². The van der Waals surface area contributed by atoms with Crippen molar-refractivity contribution in [1.29, 1.82) is 0 Å². The fourth-order valence-electron chi connectivity index (χ4n) is 1.79. The van der Waals surface area contributed by atoms with Crippen molar-refractivity contribution < 1.29 is 0 Å². The van der Waals surface area contributed by atoms with E-state index in [1.165, 1.54) is 18.4 Å². The summed E-state index contributed by atoms with van der Waals surface area (Å²) < 4.78 is 1.14. The summed E-state index contributed by atoms with van der Waals surface area (Å²) in [6, 6.07) is 9.55. The van der Waals surface area contributed by atoms with Gasteiger partial charge in [-0.05, 0) is 38.0 Å². The molecule has 0 aliphatic carbocycles. The van der Waals surface area contributed by atoms with Gasteiger partial charge in [0, 0.05) is 16.6 Å². The van der Waals surface area contributed by atoms with Crippen LogP contribution in [0.4, 0.5) is 0 Å².